The average Bonchev–Trinajstić information content (AvgIpc) is 3.15. The van der Waals surface area contributed by atoms with Crippen molar-refractivity contribution in [1.29, 1.82) is 0 Å². The summed E-state index contributed by atoms with van der Waals surface area (Å²) in [5.41, 5.74) is 7.59. The predicted molar refractivity (Wildman–Crippen MR) is 95.6 cm³/mol. The highest BCUT2D eigenvalue weighted by Gasteiger charge is 2.26. The number of amides is 1. The highest BCUT2D eigenvalue weighted by atomic mass is 35.5. The molecule has 5 nitrogen and oxygen atoms in total. The average molecular weight is 348 g/mol. The molecule has 3 N–H and O–H groups in total. The number of nitrogens with one attached hydrogen (secondary N) is 1. The molecule has 1 unspecified atom stereocenters. The second-order valence-electron chi connectivity index (χ2n) is 5.89. The maximum atomic E-state index is 12.7. The van der Waals surface area contributed by atoms with E-state index in [1.807, 2.05) is 4.90 Å². The maximum absolute atomic E-state index is 12.7. The van der Waals surface area contributed by atoms with Gasteiger partial charge in [-0.2, -0.15) is 0 Å². The van der Waals surface area contributed by atoms with Crippen molar-refractivity contribution in [3.05, 3.63) is 59.4 Å². The van der Waals surface area contributed by atoms with Gasteiger partial charge in [-0.05, 0) is 37.5 Å². The molecule has 2 aromatic rings. The topological polar surface area (TPSA) is 79.2 Å². The van der Waals surface area contributed by atoms with Gasteiger partial charge in [-0.3, -0.25) is 9.59 Å². The molecule has 128 valence electrons. The van der Waals surface area contributed by atoms with Crippen LogP contribution >= 0.6 is 12.4 Å². The number of hydrogen-bond acceptors (Lipinski definition) is 3. The summed E-state index contributed by atoms with van der Waals surface area (Å²) < 4.78 is 0. The van der Waals surface area contributed by atoms with Crippen LogP contribution in [-0.2, 0) is 0 Å². The summed E-state index contributed by atoms with van der Waals surface area (Å²) in [6, 6.07) is 8.74. The van der Waals surface area contributed by atoms with E-state index in [0.29, 0.717) is 23.2 Å². The number of ketones is 1. The van der Waals surface area contributed by atoms with Crippen molar-refractivity contribution in [1.82, 2.24) is 9.88 Å². The van der Waals surface area contributed by atoms with Gasteiger partial charge in [0, 0.05) is 48.2 Å². The van der Waals surface area contributed by atoms with Gasteiger partial charge in [-0.1, -0.05) is 12.1 Å². The zero-order valence-electron chi connectivity index (χ0n) is 13.4. The van der Waals surface area contributed by atoms with Crippen LogP contribution in [0.1, 0.15) is 45.5 Å². The Bertz CT molecular complexity index is 683. The number of H-pyrrole nitrogens is 1. The molecule has 24 heavy (non-hydrogen) atoms. The summed E-state index contributed by atoms with van der Waals surface area (Å²) in [6.45, 7) is 1.25. The van der Waals surface area contributed by atoms with E-state index in [1.54, 1.807) is 42.7 Å². The van der Waals surface area contributed by atoms with E-state index in [1.165, 1.54) is 0 Å². The molecule has 1 amide bonds. The Morgan fingerprint density at radius 2 is 1.79 bits per heavy atom. The molecule has 1 aromatic carbocycles. The number of nitrogens with two attached hydrogens (primary N) is 1. The lowest BCUT2D eigenvalue weighted by atomic mass is 9.99. The van der Waals surface area contributed by atoms with Crippen LogP contribution in [0.3, 0.4) is 0 Å². The van der Waals surface area contributed by atoms with Gasteiger partial charge < -0.3 is 15.6 Å². The minimum absolute atomic E-state index is 0. The molecule has 3 rings (SSSR count). The Kier molecular flexibility index (Phi) is 6.17. The third kappa shape index (κ3) is 3.68. The van der Waals surface area contributed by atoms with E-state index in [-0.39, 0.29) is 30.1 Å². The predicted octanol–water partition coefficient (Wildman–Crippen LogP) is 2.62. The number of carbonyl (C=O) groups is 2. The van der Waals surface area contributed by atoms with Crippen LogP contribution < -0.4 is 5.73 Å². The van der Waals surface area contributed by atoms with Gasteiger partial charge in [0.2, 0.25) is 0 Å². The Morgan fingerprint density at radius 1 is 1.08 bits per heavy atom. The van der Waals surface area contributed by atoms with Crippen LogP contribution in [0.5, 0.6) is 0 Å². The Balaban J connectivity index is 0.00000208. The molecule has 1 saturated heterocycles. The van der Waals surface area contributed by atoms with Crippen molar-refractivity contribution in [3.63, 3.8) is 0 Å². The van der Waals surface area contributed by atoms with Crippen molar-refractivity contribution < 1.29 is 9.59 Å². The highest BCUT2D eigenvalue weighted by Crippen LogP contribution is 2.20. The Labute approximate surface area is 147 Å². The summed E-state index contributed by atoms with van der Waals surface area (Å²) in [5.74, 6) is -0.0520. The number of nitrogens with zero attached hydrogens (tertiary/aromatic N) is 1. The van der Waals surface area contributed by atoms with Gasteiger partial charge in [0.15, 0.2) is 5.78 Å². The zero-order chi connectivity index (χ0) is 16.2. The third-order valence-corrected chi connectivity index (χ3v) is 4.41. The van der Waals surface area contributed by atoms with Crippen molar-refractivity contribution >= 4 is 24.1 Å². The third-order valence-electron chi connectivity index (χ3n) is 4.41. The van der Waals surface area contributed by atoms with Gasteiger partial charge in [-0.25, -0.2) is 0 Å². The minimum atomic E-state index is -0.0527. The minimum Gasteiger partial charge on any atom is -0.367 e. The maximum Gasteiger partial charge on any atom is 0.254 e. The van der Waals surface area contributed by atoms with Gasteiger partial charge >= 0.3 is 0 Å². The number of benzene rings is 1. The molecule has 1 aliphatic heterocycles. The molecular weight excluding hydrogens is 326 g/mol. The first-order valence-electron chi connectivity index (χ1n) is 7.99. The number of aromatic amines is 1. The highest BCUT2D eigenvalue weighted by molar-refractivity contribution is 6.09. The molecule has 0 bridgehead atoms. The molecule has 1 fully saturated rings. The van der Waals surface area contributed by atoms with Crippen LogP contribution in [0.2, 0.25) is 0 Å². The second-order valence-corrected chi connectivity index (χ2v) is 5.89. The first-order chi connectivity index (χ1) is 11.2. The van der Waals surface area contributed by atoms with E-state index < -0.39 is 0 Å². The first-order valence-corrected chi connectivity index (χ1v) is 7.99. The lowest BCUT2D eigenvalue weighted by molar-refractivity contribution is 0.0623. The second kappa shape index (κ2) is 8.13. The smallest absolute Gasteiger partial charge is 0.254 e. The SMILES string of the molecule is Cl.NCC1CCCCN1C(=O)c1ccc(C(=O)c2cc[nH]c2)cc1. The largest absolute Gasteiger partial charge is 0.367 e. The van der Waals surface area contributed by atoms with Crippen LogP contribution in [0.25, 0.3) is 0 Å². The van der Waals surface area contributed by atoms with Gasteiger partial charge in [-0.15, -0.1) is 12.4 Å². The van der Waals surface area contributed by atoms with Crippen molar-refractivity contribution in [2.45, 2.75) is 25.3 Å². The fourth-order valence-electron chi connectivity index (χ4n) is 3.07. The summed E-state index contributed by atoms with van der Waals surface area (Å²) in [4.78, 5) is 29.7. The van der Waals surface area contributed by atoms with Crippen molar-refractivity contribution in [2.24, 2.45) is 5.73 Å². The summed E-state index contributed by atoms with van der Waals surface area (Å²) in [7, 11) is 0. The van der Waals surface area contributed by atoms with Crippen molar-refractivity contribution in [3.8, 4) is 0 Å². The number of hydrogen-bond donors (Lipinski definition) is 2. The molecule has 0 saturated carbocycles. The number of likely N-dealkylation sites (tertiary alicyclic amines) is 1. The van der Waals surface area contributed by atoms with Crippen molar-refractivity contribution in [2.75, 3.05) is 13.1 Å². The molecule has 0 aliphatic carbocycles. The molecule has 0 spiro atoms. The van der Waals surface area contributed by atoms with E-state index in [4.69, 9.17) is 5.73 Å². The van der Waals surface area contributed by atoms with E-state index in [9.17, 15) is 9.59 Å². The van der Waals surface area contributed by atoms with E-state index >= 15 is 0 Å². The van der Waals surface area contributed by atoms with Crippen LogP contribution in [0, 0.1) is 0 Å². The quantitative estimate of drug-likeness (QED) is 0.834. The number of rotatable bonds is 4. The number of halogens is 1. The standard InChI is InChI=1S/C18H21N3O2.ClH/c19-11-16-3-1-2-10-21(16)18(23)14-6-4-13(5-7-14)17(22)15-8-9-20-12-15;/h4-9,12,16,20H,1-3,10-11,19H2;1H. The van der Waals surface area contributed by atoms with Gasteiger partial charge in [0.25, 0.3) is 5.91 Å². The van der Waals surface area contributed by atoms with Gasteiger partial charge in [0.05, 0.1) is 0 Å². The monoisotopic (exact) mass is 347 g/mol. The normalized spacial score (nSPS) is 17.2. The van der Waals surface area contributed by atoms with Crippen LogP contribution in [-0.4, -0.2) is 40.7 Å². The van der Waals surface area contributed by atoms with E-state index in [0.717, 1.165) is 25.8 Å². The molecule has 1 aromatic heterocycles. The van der Waals surface area contributed by atoms with E-state index in [2.05, 4.69) is 4.98 Å². The molecule has 2 heterocycles. The Morgan fingerprint density at radius 3 is 2.42 bits per heavy atom. The molecular formula is C18H22ClN3O2. The molecule has 1 aliphatic rings. The van der Waals surface area contributed by atoms with Gasteiger partial charge in [0.1, 0.15) is 0 Å². The number of carbonyl (C=O) groups excluding carboxylic acids is 2. The first kappa shape index (κ1) is 18.2. The zero-order valence-corrected chi connectivity index (χ0v) is 14.2. The molecule has 6 heteroatoms. The fourth-order valence-corrected chi connectivity index (χ4v) is 3.07. The molecule has 1 atom stereocenters. The summed E-state index contributed by atoms with van der Waals surface area (Å²) >= 11 is 0. The van der Waals surface area contributed by atoms with Crippen LogP contribution in [0.4, 0.5) is 0 Å². The lowest BCUT2D eigenvalue weighted by Gasteiger charge is -2.35. The van der Waals surface area contributed by atoms with Crippen LogP contribution in [0.15, 0.2) is 42.7 Å². The fraction of sp³-hybridized carbons (Fsp3) is 0.333. The molecule has 0 radical (unpaired) electrons. The number of aromatic nitrogens is 1. The summed E-state index contributed by atoms with van der Waals surface area (Å²) in [5, 5.41) is 0. The number of piperidine rings is 1. The summed E-state index contributed by atoms with van der Waals surface area (Å²) in [6.07, 6.45) is 6.49. The lowest BCUT2D eigenvalue weighted by Crippen LogP contribution is -2.47. The Hall–Kier alpha value is -2.11.